The largest absolute Gasteiger partial charge is 0.870 e. The number of rotatable bonds is 6. The summed E-state index contributed by atoms with van der Waals surface area (Å²) in [6, 6.07) is 9.28. The van der Waals surface area contributed by atoms with Crippen molar-refractivity contribution in [2.24, 2.45) is 0 Å². The van der Waals surface area contributed by atoms with Crippen molar-refractivity contribution in [2.75, 3.05) is 34.3 Å². The Bertz CT molecular complexity index is 357. The topological polar surface area (TPSA) is 56.3 Å². The first-order chi connectivity index (χ1) is 7.90. The van der Waals surface area contributed by atoms with E-state index in [2.05, 4.69) is 21.1 Å². The van der Waals surface area contributed by atoms with Crippen LogP contribution in [0.25, 0.3) is 0 Å². The molecule has 0 aromatic heterocycles. The first-order valence-electron chi connectivity index (χ1n) is 5.91. The van der Waals surface area contributed by atoms with E-state index in [1.807, 2.05) is 37.3 Å². The van der Waals surface area contributed by atoms with E-state index in [9.17, 15) is 4.79 Å². The first-order valence-corrected chi connectivity index (χ1v) is 5.91. The van der Waals surface area contributed by atoms with Crippen LogP contribution in [0.15, 0.2) is 30.3 Å². The Balaban J connectivity index is 0.00000289. The van der Waals surface area contributed by atoms with Gasteiger partial charge in [0.2, 0.25) is 0 Å². The molecule has 102 valence electrons. The minimum atomic E-state index is -0.371. The number of hydrogen-bond acceptors (Lipinski definition) is 3. The zero-order valence-corrected chi connectivity index (χ0v) is 11.6. The molecule has 0 heterocycles. The molecule has 0 radical (unpaired) electrons. The van der Waals surface area contributed by atoms with Gasteiger partial charge in [-0.05, 0) is 6.92 Å². The van der Waals surface area contributed by atoms with Gasteiger partial charge in [-0.1, -0.05) is 30.3 Å². The van der Waals surface area contributed by atoms with Gasteiger partial charge in [0.05, 0.1) is 27.7 Å². The first kappa shape index (κ1) is 16.8. The monoisotopic (exact) mass is 253 g/mol. The number of Topliss-reactive ketones (excluding diaryl/α,β-unsaturated/α-hetero) is 1. The molecule has 1 aromatic rings. The van der Waals surface area contributed by atoms with Crippen molar-refractivity contribution < 1.29 is 19.5 Å². The second-order valence-electron chi connectivity index (χ2n) is 5.26. The van der Waals surface area contributed by atoms with Gasteiger partial charge in [0.15, 0.2) is 5.78 Å². The lowest BCUT2D eigenvalue weighted by atomic mass is 10.1. The molecule has 0 fully saturated rings. The Kier molecular flexibility index (Phi) is 6.76. The summed E-state index contributed by atoms with van der Waals surface area (Å²) < 4.78 is 6.41. The molecule has 0 saturated carbocycles. The van der Waals surface area contributed by atoms with Crippen molar-refractivity contribution in [1.29, 1.82) is 0 Å². The number of ether oxygens (including phenoxy) is 1. The summed E-state index contributed by atoms with van der Waals surface area (Å²) in [7, 11) is 6.31. The third-order valence-electron chi connectivity index (χ3n) is 2.56. The molecule has 0 amide bonds. The molecule has 0 bridgehead atoms. The van der Waals surface area contributed by atoms with E-state index < -0.39 is 0 Å². The Labute approximate surface area is 109 Å². The van der Waals surface area contributed by atoms with Crippen LogP contribution in [0.1, 0.15) is 17.3 Å². The summed E-state index contributed by atoms with van der Waals surface area (Å²) in [6.45, 7) is 3.31. The fraction of sp³-hybridized carbons (Fsp3) is 0.500. The third-order valence-corrected chi connectivity index (χ3v) is 2.56. The van der Waals surface area contributed by atoms with Crippen molar-refractivity contribution >= 4 is 5.78 Å². The Morgan fingerprint density at radius 3 is 2.28 bits per heavy atom. The van der Waals surface area contributed by atoms with Gasteiger partial charge >= 0.3 is 0 Å². The quantitative estimate of drug-likeness (QED) is 0.574. The molecular formula is C14H23NO3. The molecule has 1 unspecified atom stereocenters. The van der Waals surface area contributed by atoms with Crippen LogP contribution in [0.2, 0.25) is 0 Å². The molecule has 0 saturated heterocycles. The number of nitrogens with zero attached hydrogens (tertiary/aromatic N) is 1. The molecule has 1 atom stereocenters. The van der Waals surface area contributed by atoms with Gasteiger partial charge in [-0.2, -0.15) is 0 Å². The van der Waals surface area contributed by atoms with Crippen molar-refractivity contribution in [3.63, 3.8) is 0 Å². The number of ketones is 1. The second kappa shape index (κ2) is 7.26. The lowest BCUT2D eigenvalue weighted by Crippen LogP contribution is -2.38. The van der Waals surface area contributed by atoms with Crippen molar-refractivity contribution in [2.45, 2.75) is 13.0 Å². The van der Waals surface area contributed by atoms with E-state index in [1.165, 1.54) is 0 Å². The molecule has 0 aliphatic carbocycles. The summed E-state index contributed by atoms with van der Waals surface area (Å²) in [5.74, 6) is 0.0482. The van der Waals surface area contributed by atoms with Gasteiger partial charge in [-0.15, -0.1) is 0 Å². The van der Waals surface area contributed by atoms with Gasteiger partial charge < -0.3 is 14.7 Å². The van der Waals surface area contributed by atoms with E-state index in [0.717, 1.165) is 11.0 Å². The van der Waals surface area contributed by atoms with Crippen LogP contribution < -0.4 is 0 Å². The number of quaternary nitrogens is 1. The molecule has 1 aromatic carbocycles. The van der Waals surface area contributed by atoms with Crippen LogP contribution in [0.4, 0.5) is 0 Å². The minimum Gasteiger partial charge on any atom is -0.870 e. The van der Waals surface area contributed by atoms with Crippen molar-refractivity contribution in [1.82, 2.24) is 0 Å². The van der Waals surface area contributed by atoms with Gasteiger partial charge in [-0.3, -0.25) is 4.79 Å². The molecule has 0 aliphatic rings. The van der Waals surface area contributed by atoms with Crippen molar-refractivity contribution in [3.05, 3.63) is 35.9 Å². The fourth-order valence-electron chi connectivity index (χ4n) is 1.42. The molecule has 4 nitrogen and oxygen atoms in total. The highest BCUT2D eigenvalue weighted by Gasteiger charge is 2.16. The van der Waals surface area contributed by atoms with Crippen LogP contribution in [0, 0.1) is 0 Å². The molecule has 18 heavy (non-hydrogen) atoms. The van der Waals surface area contributed by atoms with E-state index in [1.54, 1.807) is 0 Å². The molecule has 0 spiro atoms. The Morgan fingerprint density at radius 1 is 1.22 bits per heavy atom. The average Bonchev–Trinajstić information content (AvgIpc) is 2.27. The average molecular weight is 253 g/mol. The third kappa shape index (κ3) is 5.91. The standard InChI is InChI=1S/C14H22NO2.H2O/c1-12(17-11-10-15(2,3)4)14(16)13-8-6-5-7-9-13;/h5-9,12H,10-11H2,1-4H3;1H2/q+1;/p-1. The molecule has 0 aliphatic heterocycles. The summed E-state index contributed by atoms with van der Waals surface area (Å²) in [5, 5.41) is 0. The zero-order valence-electron chi connectivity index (χ0n) is 11.6. The number of likely N-dealkylation sites (N-methyl/N-ethyl adjacent to an activating group) is 1. The van der Waals surface area contributed by atoms with Gasteiger partial charge in [-0.25, -0.2) is 0 Å². The predicted octanol–water partition coefficient (Wildman–Crippen LogP) is 1.80. The maximum Gasteiger partial charge on any atom is 0.191 e. The van der Waals surface area contributed by atoms with Crippen molar-refractivity contribution in [3.8, 4) is 0 Å². The van der Waals surface area contributed by atoms with Crippen LogP contribution in [0.3, 0.4) is 0 Å². The van der Waals surface area contributed by atoms with E-state index >= 15 is 0 Å². The summed E-state index contributed by atoms with van der Waals surface area (Å²) in [6.07, 6.45) is -0.371. The minimum absolute atomic E-state index is 0. The number of benzene rings is 1. The smallest absolute Gasteiger partial charge is 0.191 e. The maximum atomic E-state index is 12.0. The highest BCUT2D eigenvalue weighted by molar-refractivity contribution is 5.99. The van der Waals surface area contributed by atoms with Crippen LogP contribution in [0.5, 0.6) is 0 Å². The van der Waals surface area contributed by atoms with Gasteiger partial charge in [0, 0.05) is 5.56 Å². The summed E-state index contributed by atoms with van der Waals surface area (Å²) in [5.41, 5.74) is 0.713. The number of carbonyl (C=O) groups excluding carboxylic acids is 1. The highest BCUT2D eigenvalue weighted by Crippen LogP contribution is 2.06. The van der Waals surface area contributed by atoms with Crippen LogP contribution in [-0.4, -0.2) is 56.1 Å². The molecular weight excluding hydrogens is 230 g/mol. The van der Waals surface area contributed by atoms with Crippen LogP contribution >= 0.6 is 0 Å². The van der Waals surface area contributed by atoms with Gasteiger partial charge in [0.25, 0.3) is 0 Å². The zero-order chi connectivity index (χ0) is 12.9. The lowest BCUT2D eigenvalue weighted by Gasteiger charge is -2.24. The Hall–Kier alpha value is -1.23. The second-order valence-corrected chi connectivity index (χ2v) is 5.26. The van der Waals surface area contributed by atoms with E-state index in [0.29, 0.717) is 12.2 Å². The lowest BCUT2D eigenvalue weighted by molar-refractivity contribution is -0.870. The van der Waals surface area contributed by atoms with Gasteiger partial charge in [0.1, 0.15) is 12.6 Å². The molecule has 4 heteroatoms. The Morgan fingerprint density at radius 2 is 1.78 bits per heavy atom. The highest BCUT2D eigenvalue weighted by atomic mass is 16.5. The summed E-state index contributed by atoms with van der Waals surface area (Å²) in [4.78, 5) is 12.0. The van der Waals surface area contributed by atoms with Crippen LogP contribution in [-0.2, 0) is 4.74 Å². The normalized spacial score (nSPS) is 12.7. The number of hydrogen-bond donors (Lipinski definition) is 0. The van der Waals surface area contributed by atoms with E-state index in [-0.39, 0.29) is 17.4 Å². The molecule has 1 N–H and O–H groups in total. The molecule has 1 rings (SSSR count). The maximum absolute atomic E-state index is 12.0. The summed E-state index contributed by atoms with van der Waals surface area (Å²) >= 11 is 0. The SMILES string of the molecule is CC(OCC[N+](C)(C)C)C(=O)c1ccccc1.[OH-]. The fourth-order valence-corrected chi connectivity index (χ4v) is 1.42. The number of carbonyl (C=O) groups is 1. The predicted molar refractivity (Wildman–Crippen MR) is 71.0 cm³/mol. The van der Waals surface area contributed by atoms with E-state index in [4.69, 9.17) is 4.74 Å².